The highest BCUT2D eigenvalue weighted by molar-refractivity contribution is 7.99. The molecule has 0 spiro atoms. The zero-order valence-electron chi connectivity index (χ0n) is 15.8. The van der Waals surface area contributed by atoms with Gasteiger partial charge >= 0.3 is 0 Å². The van der Waals surface area contributed by atoms with Gasteiger partial charge in [-0.2, -0.15) is 5.26 Å². The highest BCUT2D eigenvalue weighted by atomic mass is 32.2. The number of carbonyl (C=O) groups excluding carboxylic acids is 1. The lowest BCUT2D eigenvalue weighted by Crippen LogP contribution is -2.14. The van der Waals surface area contributed by atoms with Crippen molar-refractivity contribution in [3.05, 3.63) is 54.1 Å². The van der Waals surface area contributed by atoms with Crippen LogP contribution in [-0.4, -0.2) is 31.4 Å². The molecule has 1 N–H and O–H groups in total. The largest absolute Gasteiger partial charge is 0.325 e. The Morgan fingerprint density at radius 2 is 2.07 bits per heavy atom. The van der Waals surface area contributed by atoms with Gasteiger partial charge < -0.3 is 9.88 Å². The average molecular weight is 402 g/mol. The SMILES string of the molecule is CCCn1c2ccccc2c2nnc(SCC(=O)Nc3cccc(C#N)c3)nc21. The monoisotopic (exact) mass is 402 g/mol. The maximum atomic E-state index is 12.3. The topological polar surface area (TPSA) is 96.5 Å². The molecule has 1 amide bonds. The lowest BCUT2D eigenvalue weighted by atomic mass is 10.2. The summed E-state index contributed by atoms with van der Waals surface area (Å²) in [7, 11) is 0. The van der Waals surface area contributed by atoms with E-state index in [9.17, 15) is 4.79 Å². The van der Waals surface area contributed by atoms with E-state index < -0.39 is 0 Å². The summed E-state index contributed by atoms with van der Waals surface area (Å²) in [6.45, 7) is 2.96. The number of benzene rings is 2. The van der Waals surface area contributed by atoms with Crippen LogP contribution in [0.15, 0.2) is 53.7 Å². The molecular formula is C21H18N6OS. The van der Waals surface area contributed by atoms with Crippen molar-refractivity contribution in [2.24, 2.45) is 0 Å². The maximum absolute atomic E-state index is 12.3. The summed E-state index contributed by atoms with van der Waals surface area (Å²) in [6.07, 6.45) is 0.977. The lowest BCUT2D eigenvalue weighted by molar-refractivity contribution is -0.113. The van der Waals surface area contributed by atoms with Crippen LogP contribution in [0.1, 0.15) is 18.9 Å². The molecule has 0 radical (unpaired) electrons. The van der Waals surface area contributed by atoms with Gasteiger partial charge in [-0.3, -0.25) is 4.79 Å². The predicted octanol–water partition coefficient (Wildman–Crippen LogP) is 3.99. The summed E-state index contributed by atoms with van der Waals surface area (Å²) < 4.78 is 2.15. The standard InChI is InChI=1S/C21H18N6OS/c1-2-10-27-17-9-4-3-8-16(17)19-20(27)24-21(26-25-19)29-13-18(28)23-15-7-5-6-14(11-15)12-22/h3-9,11H,2,10,13H2,1H3,(H,23,28). The number of fused-ring (bicyclic) bond motifs is 3. The number of carbonyl (C=O) groups is 1. The minimum absolute atomic E-state index is 0.151. The number of hydrogen-bond donors (Lipinski definition) is 1. The zero-order valence-corrected chi connectivity index (χ0v) is 16.6. The number of anilines is 1. The first-order valence-electron chi connectivity index (χ1n) is 9.24. The van der Waals surface area contributed by atoms with Gasteiger partial charge in [-0.05, 0) is 30.7 Å². The molecule has 4 rings (SSSR count). The Morgan fingerprint density at radius 1 is 1.21 bits per heavy atom. The first-order chi connectivity index (χ1) is 14.2. The number of nitrogens with one attached hydrogen (secondary N) is 1. The first kappa shape index (κ1) is 18.9. The third kappa shape index (κ3) is 3.91. The Balaban J connectivity index is 1.54. The van der Waals surface area contributed by atoms with E-state index >= 15 is 0 Å². The fourth-order valence-electron chi connectivity index (χ4n) is 3.19. The smallest absolute Gasteiger partial charge is 0.234 e. The zero-order chi connectivity index (χ0) is 20.2. The van der Waals surface area contributed by atoms with Crippen molar-refractivity contribution < 1.29 is 4.79 Å². The van der Waals surface area contributed by atoms with Crippen LogP contribution in [0.4, 0.5) is 5.69 Å². The Hall–Kier alpha value is -3.44. The summed E-state index contributed by atoms with van der Waals surface area (Å²) in [4.78, 5) is 16.9. The van der Waals surface area contributed by atoms with Crippen LogP contribution in [0.3, 0.4) is 0 Å². The second-order valence-electron chi connectivity index (χ2n) is 6.46. The summed E-state index contributed by atoms with van der Waals surface area (Å²) >= 11 is 1.23. The first-order valence-corrected chi connectivity index (χ1v) is 10.2. The van der Waals surface area contributed by atoms with Crippen LogP contribution in [-0.2, 0) is 11.3 Å². The van der Waals surface area contributed by atoms with Gasteiger partial charge in [0.2, 0.25) is 11.1 Å². The molecule has 0 aliphatic rings. The van der Waals surface area contributed by atoms with Crippen LogP contribution in [0.25, 0.3) is 22.1 Å². The van der Waals surface area contributed by atoms with E-state index in [1.165, 1.54) is 11.8 Å². The van der Waals surface area contributed by atoms with Crippen LogP contribution in [0, 0.1) is 11.3 Å². The third-order valence-corrected chi connectivity index (χ3v) is 5.25. The van der Waals surface area contributed by atoms with E-state index in [0.717, 1.165) is 35.0 Å². The molecule has 0 bridgehead atoms. The molecule has 0 saturated heterocycles. The number of thioether (sulfide) groups is 1. The van der Waals surface area contributed by atoms with Crippen LogP contribution >= 0.6 is 11.8 Å². The minimum Gasteiger partial charge on any atom is -0.325 e. The predicted molar refractivity (Wildman–Crippen MR) is 114 cm³/mol. The van der Waals surface area contributed by atoms with Gasteiger partial charge in [0.1, 0.15) is 5.52 Å². The maximum Gasteiger partial charge on any atom is 0.234 e. The highest BCUT2D eigenvalue weighted by Crippen LogP contribution is 2.27. The van der Waals surface area contributed by atoms with E-state index in [1.54, 1.807) is 24.3 Å². The molecule has 8 heteroatoms. The van der Waals surface area contributed by atoms with Crippen molar-refractivity contribution in [3.8, 4) is 6.07 Å². The second-order valence-corrected chi connectivity index (χ2v) is 7.41. The average Bonchev–Trinajstić information content (AvgIpc) is 3.06. The normalized spacial score (nSPS) is 10.9. The van der Waals surface area contributed by atoms with Crippen molar-refractivity contribution in [3.63, 3.8) is 0 Å². The van der Waals surface area contributed by atoms with E-state index in [0.29, 0.717) is 16.4 Å². The molecular weight excluding hydrogens is 384 g/mol. The molecule has 2 heterocycles. The van der Waals surface area contributed by atoms with E-state index in [1.807, 2.05) is 18.2 Å². The van der Waals surface area contributed by atoms with E-state index in [-0.39, 0.29) is 11.7 Å². The van der Waals surface area contributed by atoms with Gasteiger partial charge in [-0.25, -0.2) is 4.98 Å². The van der Waals surface area contributed by atoms with Crippen molar-refractivity contribution >= 4 is 45.4 Å². The van der Waals surface area contributed by atoms with Crippen LogP contribution in [0.5, 0.6) is 0 Å². The quantitative estimate of drug-likeness (QED) is 0.490. The Morgan fingerprint density at radius 3 is 2.90 bits per heavy atom. The minimum atomic E-state index is -0.192. The second kappa shape index (κ2) is 8.29. The fourth-order valence-corrected chi connectivity index (χ4v) is 3.78. The van der Waals surface area contributed by atoms with Gasteiger partial charge in [0.05, 0.1) is 22.9 Å². The summed E-state index contributed by atoms with van der Waals surface area (Å²) in [5.41, 5.74) is 3.73. The van der Waals surface area contributed by atoms with E-state index in [2.05, 4.69) is 44.1 Å². The van der Waals surface area contributed by atoms with E-state index in [4.69, 9.17) is 5.26 Å². The number of para-hydroxylation sites is 1. The van der Waals surface area contributed by atoms with Crippen LogP contribution in [0.2, 0.25) is 0 Å². The lowest BCUT2D eigenvalue weighted by Gasteiger charge is -2.06. The highest BCUT2D eigenvalue weighted by Gasteiger charge is 2.15. The van der Waals surface area contributed by atoms with Crippen molar-refractivity contribution in [2.75, 3.05) is 11.1 Å². The number of nitriles is 1. The van der Waals surface area contributed by atoms with Gasteiger partial charge in [0.15, 0.2) is 5.65 Å². The molecule has 2 aromatic carbocycles. The van der Waals surface area contributed by atoms with Crippen molar-refractivity contribution in [2.45, 2.75) is 25.0 Å². The third-order valence-electron chi connectivity index (χ3n) is 4.41. The molecule has 7 nitrogen and oxygen atoms in total. The number of aromatic nitrogens is 4. The molecule has 0 unspecified atom stereocenters. The molecule has 29 heavy (non-hydrogen) atoms. The molecule has 0 saturated carbocycles. The number of amides is 1. The number of nitrogens with zero attached hydrogens (tertiary/aromatic N) is 5. The number of hydrogen-bond acceptors (Lipinski definition) is 6. The van der Waals surface area contributed by atoms with Gasteiger partial charge in [-0.1, -0.05) is 43.0 Å². The summed E-state index contributed by atoms with van der Waals surface area (Å²) in [6, 6.07) is 16.9. The molecule has 0 fully saturated rings. The number of aryl methyl sites for hydroxylation is 1. The molecule has 0 atom stereocenters. The van der Waals surface area contributed by atoms with Crippen LogP contribution < -0.4 is 5.32 Å². The summed E-state index contributed by atoms with van der Waals surface area (Å²) in [5, 5.41) is 21.8. The van der Waals surface area contributed by atoms with Gasteiger partial charge in [-0.15, -0.1) is 10.2 Å². The van der Waals surface area contributed by atoms with Crippen molar-refractivity contribution in [1.82, 2.24) is 19.7 Å². The fraction of sp³-hybridized carbons (Fsp3) is 0.190. The molecule has 4 aromatic rings. The van der Waals surface area contributed by atoms with Crippen molar-refractivity contribution in [1.29, 1.82) is 5.26 Å². The Kier molecular flexibility index (Phi) is 5.40. The number of rotatable bonds is 6. The summed E-state index contributed by atoms with van der Waals surface area (Å²) in [5.74, 6) is -0.0410. The van der Waals surface area contributed by atoms with Gasteiger partial charge in [0.25, 0.3) is 0 Å². The molecule has 144 valence electrons. The Bertz CT molecular complexity index is 1240. The molecule has 2 aromatic heterocycles. The Labute approximate surface area is 171 Å². The molecule has 0 aliphatic carbocycles. The molecule has 0 aliphatic heterocycles. The van der Waals surface area contributed by atoms with Gasteiger partial charge in [0, 0.05) is 17.6 Å².